The van der Waals surface area contributed by atoms with E-state index in [2.05, 4.69) is 4.98 Å². The monoisotopic (exact) mass is 223 g/mol. The molecule has 1 aromatic rings. The molecule has 3 N–H and O–H groups in total. The number of hydrogen-bond acceptors (Lipinski definition) is 5. The maximum Gasteiger partial charge on any atom is 0.310 e. The van der Waals surface area contributed by atoms with Crippen LogP contribution in [-0.4, -0.2) is 21.0 Å². The molecule has 7 nitrogen and oxygen atoms in total. The van der Waals surface area contributed by atoms with E-state index in [1.165, 1.54) is 18.3 Å². The standard InChI is InChI=1S/C9H9N3O4/c10-9-6(2-1-3-8(13)14)4-11-5-7(9)12(15)16/h1-2,4-5H,3H2,(H2,10,11)(H,13,14). The number of anilines is 1. The Hall–Kier alpha value is -2.44. The largest absolute Gasteiger partial charge is 0.481 e. The zero-order chi connectivity index (χ0) is 12.1. The second kappa shape index (κ2) is 4.87. The van der Waals surface area contributed by atoms with Crippen molar-refractivity contribution in [3.05, 3.63) is 34.1 Å². The van der Waals surface area contributed by atoms with Gasteiger partial charge in [0.05, 0.1) is 11.3 Å². The van der Waals surface area contributed by atoms with Crippen LogP contribution in [0.5, 0.6) is 0 Å². The van der Waals surface area contributed by atoms with Gasteiger partial charge in [-0.25, -0.2) is 0 Å². The number of rotatable bonds is 4. The van der Waals surface area contributed by atoms with Crippen molar-refractivity contribution in [2.75, 3.05) is 5.73 Å². The molecule has 0 spiro atoms. The van der Waals surface area contributed by atoms with Gasteiger partial charge in [-0.15, -0.1) is 0 Å². The second-order valence-electron chi connectivity index (χ2n) is 2.92. The molecule has 7 heteroatoms. The minimum absolute atomic E-state index is 0.0263. The van der Waals surface area contributed by atoms with Crippen LogP contribution in [0, 0.1) is 10.1 Å². The third kappa shape index (κ3) is 2.77. The van der Waals surface area contributed by atoms with Crippen molar-refractivity contribution < 1.29 is 14.8 Å². The molecule has 0 radical (unpaired) electrons. The predicted molar refractivity (Wildman–Crippen MR) is 56.6 cm³/mol. The molecule has 1 heterocycles. The first-order valence-corrected chi connectivity index (χ1v) is 4.28. The van der Waals surface area contributed by atoms with Crippen LogP contribution in [0.4, 0.5) is 11.4 Å². The van der Waals surface area contributed by atoms with Crippen LogP contribution in [0.1, 0.15) is 12.0 Å². The van der Waals surface area contributed by atoms with Gasteiger partial charge < -0.3 is 10.8 Å². The van der Waals surface area contributed by atoms with Gasteiger partial charge in [-0.1, -0.05) is 12.2 Å². The lowest BCUT2D eigenvalue weighted by atomic mass is 10.2. The maximum atomic E-state index is 10.5. The van der Waals surface area contributed by atoms with Gasteiger partial charge in [-0.2, -0.15) is 0 Å². The topological polar surface area (TPSA) is 119 Å². The lowest BCUT2D eigenvalue weighted by Gasteiger charge is -1.99. The van der Waals surface area contributed by atoms with E-state index in [9.17, 15) is 14.9 Å². The molecule has 0 atom stereocenters. The average Bonchev–Trinajstić information content (AvgIpc) is 2.19. The summed E-state index contributed by atoms with van der Waals surface area (Å²) in [6.45, 7) is 0. The van der Waals surface area contributed by atoms with Crippen molar-refractivity contribution in [3.63, 3.8) is 0 Å². The van der Waals surface area contributed by atoms with E-state index in [1.54, 1.807) is 0 Å². The highest BCUT2D eigenvalue weighted by molar-refractivity contribution is 5.74. The molecule has 0 amide bonds. The first-order chi connectivity index (χ1) is 7.52. The minimum atomic E-state index is -0.992. The fourth-order valence-electron chi connectivity index (χ4n) is 1.04. The molecule has 0 aliphatic rings. The number of nitrogen functional groups attached to an aromatic ring is 1. The highest BCUT2D eigenvalue weighted by atomic mass is 16.6. The van der Waals surface area contributed by atoms with Gasteiger partial charge in [0.25, 0.3) is 0 Å². The van der Waals surface area contributed by atoms with Crippen molar-refractivity contribution in [3.8, 4) is 0 Å². The lowest BCUT2D eigenvalue weighted by Crippen LogP contribution is -1.99. The Balaban J connectivity index is 2.97. The molecule has 84 valence electrons. The van der Waals surface area contributed by atoms with Crippen LogP contribution in [0.25, 0.3) is 6.08 Å². The Labute approximate surface area is 90.4 Å². The number of hydrogen-bond donors (Lipinski definition) is 2. The third-order valence-corrected chi connectivity index (χ3v) is 1.78. The van der Waals surface area contributed by atoms with E-state index < -0.39 is 10.9 Å². The van der Waals surface area contributed by atoms with E-state index >= 15 is 0 Å². The van der Waals surface area contributed by atoms with Crippen LogP contribution in [0.3, 0.4) is 0 Å². The molecule has 0 saturated carbocycles. The van der Waals surface area contributed by atoms with Gasteiger partial charge in [0, 0.05) is 11.8 Å². The van der Waals surface area contributed by atoms with E-state index in [0.717, 1.165) is 6.20 Å². The average molecular weight is 223 g/mol. The molecular weight excluding hydrogens is 214 g/mol. The van der Waals surface area contributed by atoms with Gasteiger partial charge in [0.1, 0.15) is 11.9 Å². The van der Waals surface area contributed by atoms with Gasteiger partial charge >= 0.3 is 11.7 Å². The summed E-state index contributed by atoms with van der Waals surface area (Å²) in [5.74, 6) is -0.992. The molecule has 0 aromatic carbocycles. The SMILES string of the molecule is Nc1c(C=CCC(=O)O)cncc1[N+](=O)[O-]. The fourth-order valence-corrected chi connectivity index (χ4v) is 1.04. The number of pyridine rings is 1. The highest BCUT2D eigenvalue weighted by Gasteiger charge is 2.13. The number of nitrogens with zero attached hydrogens (tertiary/aromatic N) is 2. The predicted octanol–water partition coefficient (Wildman–Crippen LogP) is 1.06. The lowest BCUT2D eigenvalue weighted by molar-refractivity contribution is -0.384. The zero-order valence-electron chi connectivity index (χ0n) is 8.16. The Morgan fingerprint density at radius 1 is 1.62 bits per heavy atom. The van der Waals surface area contributed by atoms with E-state index in [4.69, 9.17) is 10.8 Å². The van der Waals surface area contributed by atoms with Crippen LogP contribution in [-0.2, 0) is 4.79 Å². The Morgan fingerprint density at radius 3 is 2.88 bits per heavy atom. The first kappa shape index (κ1) is 11.6. The third-order valence-electron chi connectivity index (χ3n) is 1.78. The number of aliphatic carboxylic acids is 1. The van der Waals surface area contributed by atoms with Crippen molar-refractivity contribution in [2.24, 2.45) is 0 Å². The summed E-state index contributed by atoms with van der Waals surface area (Å²) in [4.78, 5) is 23.8. The number of nitrogens with two attached hydrogens (primary N) is 1. The smallest absolute Gasteiger partial charge is 0.310 e. The molecule has 0 aliphatic heterocycles. The van der Waals surface area contributed by atoms with E-state index in [0.29, 0.717) is 5.56 Å². The zero-order valence-corrected chi connectivity index (χ0v) is 8.16. The maximum absolute atomic E-state index is 10.5. The molecule has 0 aliphatic carbocycles. The molecule has 0 fully saturated rings. The fraction of sp³-hybridized carbons (Fsp3) is 0.111. The summed E-state index contributed by atoms with van der Waals surface area (Å²) < 4.78 is 0. The van der Waals surface area contributed by atoms with Crippen LogP contribution < -0.4 is 5.73 Å². The summed E-state index contributed by atoms with van der Waals surface area (Å²) in [5, 5.41) is 18.9. The van der Waals surface area contributed by atoms with Crippen LogP contribution in [0.15, 0.2) is 18.5 Å². The first-order valence-electron chi connectivity index (χ1n) is 4.28. The molecular formula is C9H9N3O4. The van der Waals surface area contributed by atoms with Crippen LogP contribution in [0.2, 0.25) is 0 Å². The molecule has 1 aromatic heterocycles. The van der Waals surface area contributed by atoms with Crippen molar-refractivity contribution >= 4 is 23.4 Å². The van der Waals surface area contributed by atoms with Crippen molar-refractivity contribution in [1.29, 1.82) is 0 Å². The summed E-state index contributed by atoms with van der Waals surface area (Å²) >= 11 is 0. The number of carboxylic acids is 1. The quantitative estimate of drug-likeness (QED) is 0.581. The second-order valence-corrected chi connectivity index (χ2v) is 2.92. The van der Waals surface area contributed by atoms with Crippen LogP contribution >= 0.6 is 0 Å². The number of nitro groups is 1. The molecule has 16 heavy (non-hydrogen) atoms. The van der Waals surface area contributed by atoms with E-state index in [-0.39, 0.29) is 17.8 Å². The van der Waals surface area contributed by atoms with Gasteiger partial charge in [-0.3, -0.25) is 19.9 Å². The van der Waals surface area contributed by atoms with Gasteiger partial charge in [0.15, 0.2) is 0 Å². The summed E-state index contributed by atoms with van der Waals surface area (Å²) in [7, 11) is 0. The van der Waals surface area contributed by atoms with Gasteiger partial charge in [0.2, 0.25) is 0 Å². The Morgan fingerprint density at radius 2 is 2.31 bits per heavy atom. The minimum Gasteiger partial charge on any atom is -0.481 e. The Kier molecular flexibility index (Phi) is 3.54. The summed E-state index contributed by atoms with van der Waals surface area (Å²) in [5.41, 5.74) is 5.53. The van der Waals surface area contributed by atoms with E-state index in [1.807, 2.05) is 0 Å². The van der Waals surface area contributed by atoms with Crippen molar-refractivity contribution in [2.45, 2.75) is 6.42 Å². The Bertz CT molecular complexity index is 456. The number of carbonyl (C=O) groups is 1. The van der Waals surface area contributed by atoms with Crippen molar-refractivity contribution in [1.82, 2.24) is 4.98 Å². The number of carboxylic acid groups (broad SMARTS) is 1. The molecule has 0 unspecified atom stereocenters. The summed E-state index contributed by atoms with van der Waals surface area (Å²) in [6.07, 6.45) is 4.94. The summed E-state index contributed by atoms with van der Waals surface area (Å²) in [6, 6.07) is 0. The number of aromatic nitrogens is 1. The molecule has 0 bridgehead atoms. The normalized spacial score (nSPS) is 10.5. The molecule has 1 rings (SSSR count). The highest BCUT2D eigenvalue weighted by Crippen LogP contribution is 2.24. The van der Waals surface area contributed by atoms with Gasteiger partial charge in [-0.05, 0) is 0 Å². The molecule has 0 saturated heterocycles.